The maximum absolute atomic E-state index is 10.6. The smallest absolute Gasteiger partial charge is 0.344 e. The number of carbonyl (C=O) groups is 4. The number of nitrogens with one attached hydrogen (secondary N) is 1. The highest BCUT2D eigenvalue weighted by Gasteiger charge is 2.14. The van der Waals surface area contributed by atoms with Crippen molar-refractivity contribution in [1.82, 2.24) is 5.32 Å². The van der Waals surface area contributed by atoms with Gasteiger partial charge in [-0.05, 0) is 40.2 Å². The minimum atomic E-state index is -1.35. The average molecular weight is 399 g/mol. The first-order valence-corrected chi connectivity index (χ1v) is 8.69. The highest BCUT2D eigenvalue weighted by atomic mass is 16.5. The van der Waals surface area contributed by atoms with E-state index in [1.165, 1.54) is 12.2 Å². The van der Waals surface area contributed by atoms with E-state index in [1.54, 1.807) is 6.92 Å². The number of aliphatic carboxylic acids is 1. The van der Waals surface area contributed by atoms with Crippen LogP contribution in [0, 0.1) is 0 Å². The number of amides is 1. The summed E-state index contributed by atoms with van der Waals surface area (Å²) >= 11 is 0. The highest BCUT2D eigenvalue weighted by molar-refractivity contribution is 6.12. The summed E-state index contributed by atoms with van der Waals surface area (Å²) in [4.78, 5) is 41.4. The molecule has 0 saturated carbocycles. The molecule has 0 aliphatic heterocycles. The number of unbranched alkanes of at least 4 members (excludes halogenated alkanes) is 1. The lowest BCUT2D eigenvalue weighted by Gasteiger charge is -2.18. The molecular formula is C20H33NO7. The average Bonchev–Trinajstić information content (AvgIpc) is 2.60. The third-order valence-corrected chi connectivity index (χ3v) is 2.37. The van der Waals surface area contributed by atoms with Gasteiger partial charge in [-0.2, -0.15) is 0 Å². The van der Waals surface area contributed by atoms with Gasteiger partial charge in [-0.25, -0.2) is 14.4 Å². The van der Waals surface area contributed by atoms with Crippen molar-refractivity contribution in [3.8, 4) is 0 Å². The molecule has 0 bridgehead atoms. The Bertz CT molecular complexity index is 545. The molecule has 0 spiro atoms. The minimum absolute atomic E-state index is 0.123. The normalized spacial score (nSPS) is 9.18. The van der Waals surface area contributed by atoms with Gasteiger partial charge in [-0.1, -0.05) is 33.1 Å². The summed E-state index contributed by atoms with van der Waals surface area (Å²) < 4.78 is 9.02. The van der Waals surface area contributed by atoms with Crippen LogP contribution in [0.5, 0.6) is 0 Å². The van der Waals surface area contributed by atoms with Crippen LogP contribution in [-0.4, -0.2) is 47.7 Å². The Morgan fingerprint density at radius 3 is 1.86 bits per heavy atom. The zero-order valence-electron chi connectivity index (χ0n) is 17.5. The second kappa shape index (κ2) is 17.5. The van der Waals surface area contributed by atoms with Crippen LogP contribution in [0.25, 0.3) is 0 Å². The Kier molecular flexibility index (Phi) is 18.7. The predicted octanol–water partition coefficient (Wildman–Crippen LogP) is 2.79. The number of hydrogen-bond acceptors (Lipinski definition) is 6. The summed E-state index contributed by atoms with van der Waals surface area (Å²) in [7, 11) is 0. The summed E-state index contributed by atoms with van der Waals surface area (Å²) in [5.74, 6) is -2.68. The summed E-state index contributed by atoms with van der Waals surface area (Å²) in [6.07, 6.45) is 4.42. The number of ether oxygens (including phenoxy) is 2. The number of rotatable bonds is 8. The van der Waals surface area contributed by atoms with Crippen LogP contribution in [0.2, 0.25) is 0 Å². The molecule has 160 valence electrons. The van der Waals surface area contributed by atoms with Crippen molar-refractivity contribution in [3.63, 3.8) is 0 Å². The number of carbonyl (C=O) groups excluding carboxylic acids is 3. The van der Waals surface area contributed by atoms with Crippen molar-refractivity contribution < 1.29 is 33.8 Å². The van der Waals surface area contributed by atoms with Gasteiger partial charge >= 0.3 is 17.9 Å². The van der Waals surface area contributed by atoms with Crippen LogP contribution in [0.15, 0.2) is 37.5 Å². The van der Waals surface area contributed by atoms with Crippen LogP contribution in [0.4, 0.5) is 0 Å². The predicted molar refractivity (Wildman–Crippen MR) is 108 cm³/mol. The fourth-order valence-corrected chi connectivity index (χ4v) is 1.10. The lowest BCUT2D eigenvalue weighted by Crippen LogP contribution is -2.39. The lowest BCUT2D eigenvalue weighted by molar-refractivity contribution is -0.144. The van der Waals surface area contributed by atoms with Crippen molar-refractivity contribution >= 4 is 23.8 Å². The Hall–Kier alpha value is -2.90. The van der Waals surface area contributed by atoms with Gasteiger partial charge < -0.3 is 19.9 Å². The van der Waals surface area contributed by atoms with E-state index in [2.05, 4.69) is 34.5 Å². The van der Waals surface area contributed by atoms with Crippen molar-refractivity contribution in [1.29, 1.82) is 0 Å². The van der Waals surface area contributed by atoms with Crippen molar-refractivity contribution in [3.05, 3.63) is 37.5 Å². The maximum atomic E-state index is 10.6. The zero-order valence-corrected chi connectivity index (χ0v) is 17.5. The minimum Gasteiger partial charge on any atom is -0.477 e. The fourth-order valence-electron chi connectivity index (χ4n) is 1.10. The van der Waals surface area contributed by atoms with Crippen LogP contribution >= 0.6 is 0 Å². The second-order valence-electron chi connectivity index (χ2n) is 6.17. The van der Waals surface area contributed by atoms with Crippen molar-refractivity contribution in [2.45, 2.75) is 53.0 Å². The van der Waals surface area contributed by atoms with Crippen LogP contribution < -0.4 is 5.32 Å². The van der Waals surface area contributed by atoms with Gasteiger partial charge in [-0.3, -0.25) is 4.79 Å². The molecule has 0 aromatic rings. The molecule has 2 N–H and O–H groups in total. The molecule has 0 heterocycles. The third-order valence-electron chi connectivity index (χ3n) is 2.37. The Labute approximate surface area is 167 Å². The monoisotopic (exact) mass is 399 g/mol. The van der Waals surface area contributed by atoms with Crippen molar-refractivity contribution in [2.24, 2.45) is 0 Å². The maximum Gasteiger partial charge on any atom is 0.344 e. The molecule has 1 amide bonds. The lowest BCUT2D eigenvalue weighted by atomic mass is 10.1. The summed E-state index contributed by atoms with van der Waals surface area (Å²) in [5.41, 5.74) is -0.687. The molecule has 0 fully saturated rings. The highest BCUT2D eigenvalue weighted by Crippen LogP contribution is 1.97. The Balaban J connectivity index is -0.000000336. The quantitative estimate of drug-likeness (QED) is 0.212. The molecule has 0 atom stereocenters. The molecule has 8 heteroatoms. The van der Waals surface area contributed by atoms with Gasteiger partial charge in [0, 0.05) is 11.6 Å². The van der Waals surface area contributed by atoms with Crippen LogP contribution in [0.1, 0.15) is 47.5 Å². The van der Waals surface area contributed by atoms with Gasteiger partial charge in [0.2, 0.25) is 5.91 Å². The molecule has 28 heavy (non-hydrogen) atoms. The molecule has 0 radical (unpaired) electrons. The van der Waals surface area contributed by atoms with E-state index < -0.39 is 17.5 Å². The third kappa shape index (κ3) is 23.1. The summed E-state index contributed by atoms with van der Waals surface area (Å²) in [5, 5.41) is 10.9. The topological polar surface area (TPSA) is 119 Å². The summed E-state index contributed by atoms with van der Waals surface area (Å²) in [6.45, 7) is 19.7. The standard InChI is InChI=1S/C7H13NO.C7H12O2.C6H8O4/c1-5-6(9)8-7(2,3)4;1-3-5-6-9-7(8)4-2;1-3-10-6(9)4(2)5(7)8/h5H,1H2,2-4H3,(H,8,9);4H,2-3,5-6H2,1H3;2-3H2,1H3,(H,7,8). The second-order valence-corrected chi connectivity index (χ2v) is 6.17. The molecule has 0 aromatic heterocycles. The van der Waals surface area contributed by atoms with Crippen LogP contribution in [0.3, 0.4) is 0 Å². The van der Waals surface area contributed by atoms with Crippen LogP contribution in [-0.2, 0) is 28.7 Å². The zero-order chi connectivity index (χ0) is 22.8. The Morgan fingerprint density at radius 1 is 1.04 bits per heavy atom. The molecule has 0 rings (SSSR count). The molecule has 0 aliphatic rings. The molecule has 8 nitrogen and oxygen atoms in total. The first-order chi connectivity index (χ1) is 12.9. The van der Waals surface area contributed by atoms with Gasteiger partial charge in [0.25, 0.3) is 0 Å². The number of carboxylic acid groups (broad SMARTS) is 1. The van der Waals surface area contributed by atoms with E-state index in [0.717, 1.165) is 12.8 Å². The first-order valence-electron chi connectivity index (χ1n) is 8.69. The van der Waals surface area contributed by atoms with E-state index in [0.29, 0.717) is 6.61 Å². The first kappa shape index (κ1) is 29.8. The van der Waals surface area contributed by atoms with E-state index in [4.69, 9.17) is 5.11 Å². The van der Waals surface area contributed by atoms with E-state index in [1.807, 2.05) is 27.7 Å². The number of hydrogen-bond donors (Lipinski definition) is 2. The SMILES string of the molecule is C=C(C(=O)O)C(=O)OCC.C=CC(=O)NC(C)(C)C.C=CC(=O)OCCCC. The van der Waals surface area contributed by atoms with Gasteiger partial charge in [-0.15, -0.1) is 0 Å². The van der Waals surface area contributed by atoms with Gasteiger partial charge in [0.1, 0.15) is 5.57 Å². The Morgan fingerprint density at radius 2 is 1.57 bits per heavy atom. The molecule has 0 aromatic carbocycles. The van der Waals surface area contributed by atoms with E-state index in [-0.39, 0.29) is 24.0 Å². The number of esters is 2. The number of carboxylic acids is 1. The van der Waals surface area contributed by atoms with Crippen molar-refractivity contribution in [2.75, 3.05) is 13.2 Å². The fraction of sp³-hybridized carbons (Fsp3) is 0.500. The van der Waals surface area contributed by atoms with Gasteiger partial charge in [0.15, 0.2) is 0 Å². The van der Waals surface area contributed by atoms with E-state index >= 15 is 0 Å². The van der Waals surface area contributed by atoms with Gasteiger partial charge in [0.05, 0.1) is 13.2 Å². The van der Waals surface area contributed by atoms with E-state index in [9.17, 15) is 19.2 Å². The molecule has 0 unspecified atom stereocenters. The molecule has 0 aliphatic carbocycles. The molecule has 0 saturated heterocycles. The largest absolute Gasteiger partial charge is 0.477 e. The molecular weight excluding hydrogens is 366 g/mol. The summed E-state index contributed by atoms with van der Waals surface area (Å²) in [6, 6.07) is 0.